The fraction of sp³-hybridized carbons (Fsp3) is 0.875. The van der Waals surface area contributed by atoms with Gasteiger partial charge in [0.05, 0.1) is 18.5 Å². The Morgan fingerprint density at radius 3 is 3.08 bits per heavy atom. The topological polar surface area (TPSA) is 29.5 Å². The third-order valence-corrected chi connectivity index (χ3v) is 2.35. The van der Waals surface area contributed by atoms with Crippen molar-refractivity contribution in [1.29, 1.82) is 0 Å². The maximum Gasteiger partial charge on any atom is 0.232 e. The molecule has 0 radical (unpaired) electrons. The van der Waals surface area contributed by atoms with Crippen molar-refractivity contribution in [3.05, 3.63) is 0 Å². The lowest BCUT2D eigenvalue weighted by atomic mass is 10.2. The Balaban J connectivity index is 2.40. The minimum Gasteiger partial charge on any atom is -0.375 e. The molecule has 0 aliphatic carbocycles. The van der Waals surface area contributed by atoms with E-state index in [4.69, 9.17) is 4.74 Å². The molecule has 1 amide bonds. The van der Waals surface area contributed by atoms with Crippen molar-refractivity contribution in [3.63, 3.8) is 0 Å². The molecule has 12 heavy (non-hydrogen) atoms. The molecule has 1 rings (SSSR count). The monoisotopic (exact) mass is 189 g/mol. The van der Waals surface area contributed by atoms with Crippen molar-refractivity contribution in [2.24, 2.45) is 0 Å². The summed E-state index contributed by atoms with van der Waals surface area (Å²) in [6, 6.07) is 0. The van der Waals surface area contributed by atoms with Crippen LogP contribution in [-0.4, -0.2) is 42.4 Å². The summed E-state index contributed by atoms with van der Waals surface area (Å²) in [6.45, 7) is 4.18. The van der Waals surface area contributed by atoms with Gasteiger partial charge >= 0.3 is 0 Å². The molecule has 0 spiro atoms. The zero-order chi connectivity index (χ0) is 8.97. The van der Waals surface area contributed by atoms with E-state index in [1.807, 2.05) is 4.90 Å². The molecule has 1 unspecified atom stereocenters. The van der Waals surface area contributed by atoms with Crippen molar-refractivity contribution in [2.75, 3.05) is 25.4 Å². The average molecular weight is 189 g/mol. The van der Waals surface area contributed by atoms with Crippen molar-refractivity contribution in [3.8, 4) is 0 Å². The summed E-state index contributed by atoms with van der Waals surface area (Å²) in [4.78, 5) is 13.0. The molecule has 0 aromatic heterocycles. The van der Waals surface area contributed by atoms with Crippen LogP contribution in [0, 0.1) is 0 Å². The van der Waals surface area contributed by atoms with Crippen LogP contribution in [0.4, 0.5) is 0 Å². The SMILES string of the molecule is CCC1CN(C(=O)CS)CCO1. The largest absolute Gasteiger partial charge is 0.375 e. The first-order valence-corrected chi connectivity index (χ1v) is 4.91. The van der Waals surface area contributed by atoms with Crippen molar-refractivity contribution < 1.29 is 9.53 Å². The molecule has 0 aromatic carbocycles. The Bertz CT molecular complexity index is 163. The first kappa shape index (κ1) is 9.86. The van der Waals surface area contributed by atoms with Gasteiger partial charge in [-0.3, -0.25) is 4.79 Å². The van der Waals surface area contributed by atoms with E-state index >= 15 is 0 Å². The van der Waals surface area contributed by atoms with Gasteiger partial charge in [-0.25, -0.2) is 0 Å². The molecule has 0 bridgehead atoms. The lowest BCUT2D eigenvalue weighted by Crippen LogP contribution is -2.45. The van der Waals surface area contributed by atoms with E-state index in [0.29, 0.717) is 12.4 Å². The molecule has 1 fully saturated rings. The lowest BCUT2D eigenvalue weighted by molar-refractivity contribution is -0.135. The van der Waals surface area contributed by atoms with E-state index in [9.17, 15) is 4.79 Å². The highest BCUT2D eigenvalue weighted by atomic mass is 32.1. The number of morpholine rings is 1. The smallest absolute Gasteiger partial charge is 0.232 e. The van der Waals surface area contributed by atoms with Gasteiger partial charge in [-0.15, -0.1) is 0 Å². The molecule has 1 atom stereocenters. The highest BCUT2D eigenvalue weighted by Crippen LogP contribution is 2.08. The Morgan fingerprint density at radius 1 is 1.75 bits per heavy atom. The summed E-state index contributed by atoms with van der Waals surface area (Å²) in [6.07, 6.45) is 1.19. The minimum atomic E-state index is 0.111. The van der Waals surface area contributed by atoms with Crippen molar-refractivity contribution in [1.82, 2.24) is 4.90 Å². The second kappa shape index (κ2) is 4.72. The maximum atomic E-state index is 11.2. The molecule has 1 aliphatic rings. The third kappa shape index (κ3) is 2.38. The van der Waals surface area contributed by atoms with Crippen LogP contribution in [0.15, 0.2) is 0 Å². The van der Waals surface area contributed by atoms with Crippen LogP contribution in [-0.2, 0) is 9.53 Å². The molecule has 3 nitrogen and oxygen atoms in total. The van der Waals surface area contributed by atoms with Gasteiger partial charge < -0.3 is 9.64 Å². The summed E-state index contributed by atoms with van der Waals surface area (Å²) in [5, 5.41) is 0. The van der Waals surface area contributed by atoms with E-state index < -0.39 is 0 Å². The Kier molecular flexibility index (Phi) is 3.88. The Labute approximate surface area is 78.5 Å². The zero-order valence-electron chi connectivity index (χ0n) is 7.32. The van der Waals surface area contributed by atoms with Crippen LogP contribution < -0.4 is 0 Å². The van der Waals surface area contributed by atoms with Crippen LogP contribution in [0.5, 0.6) is 0 Å². The number of rotatable bonds is 2. The Morgan fingerprint density at radius 2 is 2.50 bits per heavy atom. The number of amides is 1. The molecule has 1 saturated heterocycles. The van der Waals surface area contributed by atoms with Gasteiger partial charge in [-0.05, 0) is 6.42 Å². The predicted molar refractivity (Wildman–Crippen MR) is 50.5 cm³/mol. The van der Waals surface area contributed by atoms with E-state index in [0.717, 1.165) is 19.5 Å². The number of ether oxygens (including phenoxy) is 1. The zero-order valence-corrected chi connectivity index (χ0v) is 8.22. The fourth-order valence-electron chi connectivity index (χ4n) is 1.29. The van der Waals surface area contributed by atoms with Crippen LogP contribution in [0.1, 0.15) is 13.3 Å². The number of hydrogen-bond acceptors (Lipinski definition) is 3. The van der Waals surface area contributed by atoms with Crippen LogP contribution in [0.3, 0.4) is 0 Å². The predicted octanol–water partition coefficient (Wildman–Crippen LogP) is 0.554. The van der Waals surface area contributed by atoms with Gasteiger partial charge in [0.2, 0.25) is 5.91 Å². The standard InChI is InChI=1S/C8H15NO2S/c1-2-7-5-9(3-4-11-7)8(10)6-12/h7,12H,2-6H2,1H3. The first-order chi connectivity index (χ1) is 5.77. The second-order valence-electron chi connectivity index (χ2n) is 2.90. The average Bonchev–Trinajstić information content (AvgIpc) is 2.17. The number of thiol groups is 1. The summed E-state index contributed by atoms with van der Waals surface area (Å²) >= 11 is 3.95. The molecule has 0 aromatic rings. The number of nitrogens with zero attached hydrogens (tertiary/aromatic N) is 1. The molecular formula is C8H15NO2S. The normalized spacial score (nSPS) is 24.2. The van der Waals surface area contributed by atoms with Gasteiger partial charge in [0, 0.05) is 13.1 Å². The second-order valence-corrected chi connectivity index (χ2v) is 3.22. The van der Waals surface area contributed by atoms with Gasteiger partial charge in [-0.1, -0.05) is 6.92 Å². The first-order valence-electron chi connectivity index (χ1n) is 4.28. The third-order valence-electron chi connectivity index (χ3n) is 2.08. The Hall–Kier alpha value is -0.220. The minimum absolute atomic E-state index is 0.111. The lowest BCUT2D eigenvalue weighted by Gasteiger charge is -2.32. The van der Waals surface area contributed by atoms with Gasteiger partial charge in [0.15, 0.2) is 0 Å². The molecular weight excluding hydrogens is 174 g/mol. The molecule has 4 heteroatoms. The van der Waals surface area contributed by atoms with E-state index in [2.05, 4.69) is 19.6 Å². The van der Waals surface area contributed by atoms with Gasteiger partial charge in [0.25, 0.3) is 0 Å². The molecule has 0 N–H and O–H groups in total. The van der Waals surface area contributed by atoms with Crippen LogP contribution >= 0.6 is 12.6 Å². The molecule has 70 valence electrons. The molecule has 1 heterocycles. The van der Waals surface area contributed by atoms with Gasteiger partial charge in [-0.2, -0.15) is 12.6 Å². The number of hydrogen-bond donors (Lipinski definition) is 1. The molecule has 0 saturated carbocycles. The summed E-state index contributed by atoms with van der Waals surface area (Å²) < 4.78 is 5.43. The van der Waals surface area contributed by atoms with Crippen LogP contribution in [0.25, 0.3) is 0 Å². The van der Waals surface area contributed by atoms with E-state index in [1.165, 1.54) is 0 Å². The fourth-order valence-corrected chi connectivity index (χ4v) is 1.49. The van der Waals surface area contributed by atoms with Crippen molar-refractivity contribution in [2.45, 2.75) is 19.4 Å². The summed E-state index contributed by atoms with van der Waals surface area (Å²) in [7, 11) is 0. The highest BCUT2D eigenvalue weighted by Gasteiger charge is 2.21. The summed E-state index contributed by atoms with van der Waals surface area (Å²) in [5.41, 5.74) is 0. The maximum absolute atomic E-state index is 11.2. The summed E-state index contributed by atoms with van der Waals surface area (Å²) in [5.74, 6) is 0.413. The van der Waals surface area contributed by atoms with E-state index in [-0.39, 0.29) is 12.0 Å². The van der Waals surface area contributed by atoms with Gasteiger partial charge in [0.1, 0.15) is 0 Å². The molecule has 1 aliphatic heterocycles. The number of carbonyl (C=O) groups is 1. The van der Waals surface area contributed by atoms with Crippen molar-refractivity contribution >= 4 is 18.5 Å². The van der Waals surface area contributed by atoms with E-state index in [1.54, 1.807) is 0 Å². The quantitative estimate of drug-likeness (QED) is 0.643. The van der Waals surface area contributed by atoms with Crippen LogP contribution in [0.2, 0.25) is 0 Å². The highest BCUT2D eigenvalue weighted by molar-refractivity contribution is 7.81. The number of carbonyl (C=O) groups excluding carboxylic acids is 1.